The number of ether oxygens (including phenoxy) is 2. The molecule has 0 bridgehead atoms. The first kappa shape index (κ1) is 14.8. The SMILES string of the molecule is COC1(O)CCN(C(=O)OC(C)(C)C)c2ccccc21. The zero-order chi connectivity index (χ0) is 15.0. The van der Waals surface area contributed by atoms with E-state index in [1.165, 1.54) is 12.0 Å². The van der Waals surface area contributed by atoms with Gasteiger partial charge in [-0.05, 0) is 26.8 Å². The number of nitrogens with zero attached hydrogens (tertiary/aromatic N) is 1. The van der Waals surface area contributed by atoms with E-state index >= 15 is 0 Å². The number of rotatable bonds is 1. The highest BCUT2D eigenvalue weighted by atomic mass is 16.6. The van der Waals surface area contributed by atoms with Crippen LogP contribution in [0.25, 0.3) is 0 Å². The van der Waals surface area contributed by atoms with Gasteiger partial charge in [0, 0.05) is 25.6 Å². The van der Waals surface area contributed by atoms with Gasteiger partial charge in [-0.25, -0.2) is 4.79 Å². The molecule has 1 heterocycles. The predicted octanol–water partition coefficient (Wildman–Crippen LogP) is 2.62. The first-order valence-electron chi connectivity index (χ1n) is 6.64. The number of benzene rings is 1. The first-order chi connectivity index (χ1) is 9.27. The number of carbonyl (C=O) groups excluding carboxylic acids is 1. The lowest BCUT2D eigenvalue weighted by molar-refractivity contribution is -0.199. The maximum Gasteiger partial charge on any atom is 0.414 e. The molecule has 5 heteroatoms. The summed E-state index contributed by atoms with van der Waals surface area (Å²) < 4.78 is 10.6. The van der Waals surface area contributed by atoms with E-state index in [1.54, 1.807) is 18.2 Å². The van der Waals surface area contributed by atoms with Crippen LogP contribution in [-0.4, -0.2) is 30.5 Å². The second kappa shape index (κ2) is 5.07. The minimum atomic E-state index is -1.35. The van der Waals surface area contributed by atoms with Crippen molar-refractivity contribution in [3.8, 4) is 0 Å². The third-order valence-electron chi connectivity index (χ3n) is 3.24. The average Bonchev–Trinajstić information content (AvgIpc) is 2.37. The molecule has 0 aliphatic carbocycles. The molecule has 1 N–H and O–H groups in total. The summed E-state index contributed by atoms with van der Waals surface area (Å²) in [5, 5.41) is 10.5. The smallest absolute Gasteiger partial charge is 0.414 e. The molecule has 0 radical (unpaired) electrons. The van der Waals surface area contributed by atoms with Crippen molar-refractivity contribution in [2.45, 2.75) is 38.6 Å². The third-order valence-corrected chi connectivity index (χ3v) is 3.24. The molecule has 1 aromatic rings. The van der Waals surface area contributed by atoms with Gasteiger partial charge in [0.05, 0.1) is 5.69 Å². The van der Waals surface area contributed by atoms with E-state index in [0.717, 1.165) is 0 Å². The van der Waals surface area contributed by atoms with E-state index in [9.17, 15) is 9.90 Å². The fraction of sp³-hybridized carbons (Fsp3) is 0.533. The minimum Gasteiger partial charge on any atom is -0.443 e. The highest BCUT2D eigenvalue weighted by Crippen LogP contribution is 2.39. The van der Waals surface area contributed by atoms with Gasteiger partial charge in [-0.15, -0.1) is 0 Å². The normalized spacial score (nSPS) is 22.4. The summed E-state index contributed by atoms with van der Waals surface area (Å²) in [6.45, 7) is 5.82. The van der Waals surface area contributed by atoms with Crippen molar-refractivity contribution in [1.29, 1.82) is 0 Å². The summed E-state index contributed by atoms with van der Waals surface area (Å²) >= 11 is 0. The zero-order valence-electron chi connectivity index (χ0n) is 12.3. The molecule has 1 unspecified atom stereocenters. The molecule has 1 aliphatic rings. The Hall–Kier alpha value is -1.59. The van der Waals surface area contributed by atoms with Gasteiger partial charge < -0.3 is 14.6 Å². The number of carbonyl (C=O) groups is 1. The molecule has 1 amide bonds. The largest absolute Gasteiger partial charge is 0.443 e. The van der Waals surface area contributed by atoms with Gasteiger partial charge in [-0.2, -0.15) is 0 Å². The van der Waals surface area contributed by atoms with Gasteiger partial charge in [0.25, 0.3) is 0 Å². The predicted molar refractivity (Wildman–Crippen MR) is 75.5 cm³/mol. The molecule has 1 atom stereocenters. The molecule has 0 saturated carbocycles. The maximum absolute atomic E-state index is 12.3. The molecule has 0 aromatic heterocycles. The van der Waals surface area contributed by atoms with Crippen LogP contribution in [0.15, 0.2) is 24.3 Å². The fourth-order valence-corrected chi connectivity index (χ4v) is 2.28. The number of aliphatic hydroxyl groups is 1. The van der Waals surface area contributed by atoms with Crippen molar-refractivity contribution < 1.29 is 19.4 Å². The summed E-state index contributed by atoms with van der Waals surface area (Å²) in [4.78, 5) is 13.8. The number of fused-ring (bicyclic) bond motifs is 1. The lowest BCUT2D eigenvalue weighted by atomic mass is 9.95. The molecular weight excluding hydrogens is 258 g/mol. The van der Waals surface area contributed by atoms with Crippen molar-refractivity contribution in [2.75, 3.05) is 18.6 Å². The molecule has 1 aromatic carbocycles. The van der Waals surface area contributed by atoms with Crippen molar-refractivity contribution in [1.82, 2.24) is 0 Å². The van der Waals surface area contributed by atoms with E-state index < -0.39 is 17.5 Å². The standard InChI is InChI=1S/C15H21NO4/c1-14(2,3)20-13(17)16-10-9-15(18,19-4)11-7-5-6-8-12(11)16/h5-8,18H,9-10H2,1-4H3. The number of methoxy groups -OCH3 is 1. The summed E-state index contributed by atoms with van der Waals surface area (Å²) in [6.07, 6.45) is -0.108. The van der Waals surface area contributed by atoms with Crippen molar-refractivity contribution in [2.24, 2.45) is 0 Å². The maximum atomic E-state index is 12.3. The Labute approximate surface area is 119 Å². The molecular formula is C15H21NO4. The molecule has 0 saturated heterocycles. The molecule has 110 valence electrons. The van der Waals surface area contributed by atoms with Crippen LogP contribution in [0.3, 0.4) is 0 Å². The van der Waals surface area contributed by atoms with Crippen LogP contribution in [0, 0.1) is 0 Å². The van der Waals surface area contributed by atoms with Crippen LogP contribution >= 0.6 is 0 Å². The molecule has 5 nitrogen and oxygen atoms in total. The first-order valence-corrected chi connectivity index (χ1v) is 6.64. The van der Waals surface area contributed by atoms with E-state index in [-0.39, 0.29) is 0 Å². The van der Waals surface area contributed by atoms with Crippen molar-refractivity contribution in [3.05, 3.63) is 29.8 Å². The Kier molecular flexibility index (Phi) is 3.75. The van der Waals surface area contributed by atoms with Gasteiger partial charge in [0.2, 0.25) is 0 Å². The second-order valence-electron chi connectivity index (χ2n) is 5.89. The Balaban J connectivity index is 2.35. The van der Waals surface area contributed by atoms with Gasteiger partial charge in [-0.1, -0.05) is 18.2 Å². The topological polar surface area (TPSA) is 59.0 Å². The average molecular weight is 279 g/mol. The lowest BCUT2D eigenvalue weighted by Crippen LogP contribution is -2.46. The van der Waals surface area contributed by atoms with Crippen LogP contribution in [0.4, 0.5) is 10.5 Å². The summed E-state index contributed by atoms with van der Waals surface area (Å²) in [6, 6.07) is 7.16. The minimum absolute atomic E-state index is 0.305. The molecule has 0 spiro atoms. The van der Waals surface area contributed by atoms with Crippen LogP contribution in [0.1, 0.15) is 32.8 Å². The number of hydrogen-bond donors (Lipinski definition) is 1. The van der Waals surface area contributed by atoms with E-state index in [1.807, 2.05) is 26.8 Å². The lowest BCUT2D eigenvalue weighted by Gasteiger charge is -2.39. The molecule has 2 rings (SSSR count). The molecule has 20 heavy (non-hydrogen) atoms. The zero-order valence-corrected chi connectivity index (χ0v) is 12.3. The van der Waals surface area contributed by atoms with Crippen LogP contribution in [-0.2, 0) is 15.3 Å². The van der Waals surface area contributed by atoms with E-state index in [2.05, 4.69) is 0 Å². The monoisotopic (exact) mass is 279 g/mol. The van der Waals surface area contributed by atoms with Gasteiger partial charge in [0.1, 0.15) is 5.60 Å². The highest BCUT2D eigenvalue weighted by Gasteiger charge is 2.40. The quantitative estimate of drug-likeness (QED) is 0.803. The van der Waals surface area contributed by atoms with Crippen LogP contribution in [0.2, 0.25) is 0 Å². The Bertz CT molecular complexity index is 509. The van der Waals surface area contributed by atoms with Crippen LogP contribution < -0.4 is 4.90 Å². The fourth-order valence-electron chi connectivity index (χ4n) is 2.28. The van der Waals surface area contributed by atoms with Gasteiger partial charge in [-0.3, -0.25) is 4.90 Å². The second-order valence-corrected chi connectivity index (χ2v) is 5.89. The van der Waals surface area contributed by atoms with Crippen LogP contribution in [0.5, 0.6) is 0 Å². The van der Waals surface area contributed by atoms with Crippen molar-refractivity contribution >= 4 is 11.8 Å². The number of anilines is 1. The number of para-hydroxylation sites is 1. The van der Waals surface area contributed by atoms with Crippen molar-refractivity contribution in [3.63, 3.8) is 0 Å². The Morgan fingerprint density at radius 3 is 2.60 bits per heavy atom. The van der Waals surface area contributed by atoms with Gasteiger partial charge >= 0.3 is 6.09 Å². The molecule has 1 aliphatic heterocycles. The summed E-state index contributed by atoms with van der Waals surface area (Å²) in [5.74, 6) is -1.35. The Morgan fingerprint density at radius 2 is 2.00 bits per heavy atom. The molecule has 0 fully saturated rings. The Morgan fingerprint density at radius 1 is 1.35 bits per heavy atom. The van der Waals surface area contributed by atoms with Gasteiger partial charge in [0.15, 0.2) is 5.79 Å². The number of amides is 1. The third kappa shape index (κ3) is 2.78. The highest BCUT2D eigenvalue weighted by molar-refractivity contribution is 5.89. The van der Waals surface area contributed by atoms with E-state index in [0.29, 0.717) is 24.2 Å². The summed E-state index contributed by atoms with van der Waals surface area (Å²) in [5.41, 5.74) is 0.651. The van der Waals surface area contributed by atoms with E-state index in [4.69, 9.17) is 9.47 Å². The summed E-state index contributed by atoms with van der Waals surface area (Å²) in [7, 11) is 1.46. The number of hydrogen-bond acceptors (Lipinski definition) is 4.